The minimum atomic E-state index is 0.581. The van der Waals surface area contributed by atoms with Crippen molar-refractivity contribution >= 4 is 11.8 Å². The molecule has 3 nitrogen and oxygen atoms in total. The summed E-state index contributed by atoms with van der Waals surface area (Å²) in [5.41, 5.74) is 0. The van der Waals surface area contributed by atoms with Gasteiger partial charge in [0.2, 0.25) is 0 Å². The standard InChI is InChI=1S/C6H8N2OS/c1-10-6-3-2-5(9-7)4-8-6/h2-4H,7H2,1H3. The van der Waals surface area contributed by atoms with Gasteiger partial charge in [0.15, 0.2) is 5.75 Å². The molecule has 0 radical (unpaired) electrons. The van der Waals surface area contributed by atoms with Crippen molar-refractivity contribution in [2.45, 2.75) is 5.03 Å². The highest BCUT2D eigenvalue weighted by Crippen LogP contribution is 2.13. The third-order valence-electron chi connectivity index (χ3n) is 1.05. The molecule has 0 spiro atoms. The van der Waals surface area contributed by atoms with Gasteiger partial charge in [-0.2, -0.15) is 5.90 Å². The SMILES string of the molecule is CSc1ccc(ON)cn1. The van der Waals surface area contributed by atoms with Gasteiger partial charge in [0.05, 0.1) is 11.2 Å². The van der Waals surface area contributed by atoms with Gasteiger partial charge in [-0.1, -0.05) is 0 Å². The lowest BCUT2D eigenvalue weighted by molar-refractivity contribution is 0.332. The van der Waals surface area contributed by atoms with Gasteiger partial charge in [-0.05, 0) is 18.4 Å². The van der Waals surface area contributed by atoms with E-state index in [9.17, 15) is 0 Å². The minimum Gasteiger partial charge on any atom is -0.410 e. The number of hydrogen-bond acceptors (Lipinski definition) is 4. The molecular weight excluding hydrogens is 148 g/mol. The predicted octanol–water partition coefficient (Wildman–Crippen LogP) is 1.06. The van der Waals surface area contributed by atoms with Crippen LogP contribution in [0.2, 0.25) is 0 Å². The molecule has 0 bridgehead atoms. The van der Waals surface area contributed by atoms with Crippen LogP contribution in [-0.2, 0) is 0 Å². The summed E-state index contributed by atoms with van der Waals surface area (Å²) in [6, 6.07) is 3.63. The van der Waals surface area contributed by atoms with Crippen molar-refractivity contribution in [2.24, 2.45) is 5.90 Å². The van der Waals surface area contributed by atoms with Crippen LogP contribution in [0, 0.1) is 0 Å². The topological polar surface area (TPSA) is 48.1 Å². The second-order valence-corrected chi connectivity index (χ2v) is 2.48. The number of hydrogen-bond donors (Lipinski definition) is 1. The zero-order chi connectivity index (χ0) is 7.40. The van der Waals surface area contributed by atoms with Crippen LogP contribution >= 0.6 is 11.8 Å². The number of nitrogens with zero attached hydrogens (tertiary/aromatic N) is 1. The van der Waals surface area contributed by atoms with Crippen LogP contribution in [0.15, 0.2) is 23.4 Å². The Hall–Kier alpha value is -0.740. The molecule has 54 valence electrons. The first kappa shape index (κ1) is 7.37. The fraction of sp³-hybridized carbons (Fsp3) is 0.167. The monoisotopic (exact) mass is 156 g/mol. The average molecular weight is 156 g/mol. The first-order valence-electron chi connectivity index (χ1n) is 2.73. The van der Waals surface area contributed by atoms with Crippen LogP contribution < -0.4 is 10.7 Å². The van der Waals surface area contributed by atoms with E-state index >= 15 is 0 Å². The molecule has 1 rings (SSSR count). The molecule has 0 amide bonds. The van der Waals surface area contributed by atoms with Crippen molar-refractivity contribution < 1.29 is 4.84 Å². The van der Waals surface area contributed by atoms with Crippen LogP contribution in [0.1, 0.15) is 0 Å². The second-order valence-electron chi connectivity index (χ2n) is 1.65. The van der Waals surface area contributed by atoms with Crippen molar-refractivity contribution in [3.63, 3.8) is 0 Å². The van der Waals surface area contributed by atoms with E-state index in [1.165, 1.54) is 0 Å². The van der Waals surface area contributed by atoms with Gasteiger partial charge in [0.25, 0.3) is 0 Å². The molecule has 0 aliphatic carbocycles. The molecular formula is C6H8N2OS. The zero-order valence-corrected chi connectivity index (χ0v) is 6.39. The van der Waals surface area contributed by atoms with Crippen LogP contribution in [0.5, 0.6) is 5.75 Å². The van der Waals surface area contributed by atoms with E-state index in [1.54, 1.807) is 24.0 Å². The zero-order valence-electron chi connectivity index (χ0n) is 5.57. The van der Waals surface area contributed by atoms with Crippen LogP contribution in [0.25, 0.3) is 0 Å². The van der Waals surface area contributed by atoms with Gasteiger partial charge in [-0.15, -0.1) is 11.8 Å². The summed E-state index contributed by atoms with van der Waals surface area (Å²) >= 11 is 1.58. The highest BCUT2D eigenvalue weighted by atomic mass is 32.2. The molecule has 0 saturated carbocycles. The minimum absolute atomic E-state index is 0.581. The van der Waals surface area contributed by atoms with E-state index in [0.29, 0.717) is 5.75 Å². The highest BCUT2D eigenvalue weighted by molar-refractivity contribution is 7.98. The molecule has 1 aromatic rings. The van der Waals surface area contributed by atoms with E-state index in [0.717, 1.165) is 5.03 Å². The lowest BCUT2D eigenvalue weighted by atomic mass is 10.5. The predicted molar refractivity (Wildman–Crippen MR) is 40.8 cm³/mol. The smallest absolute Gasteiger partial charge is 0.165 e. The van der Waals surface area contributed by atoms with E-state index in [2.05, 4.69) is 9.82 Å². The Kier molecular flexibility index (Phi) is 2.53. The molecule has 0 aliphatic heterocycles. The Morgan fingerprint density at radius 3 is 2.80 bits per heavy atom. The largest absolute Gasteiger partial charge is 0.410 e. The molecule has 2 N–H and O–H groups in total. The molecule has 0 atom stereocenters. The quantitative estimate of drug-likeness (QED) is 0.513. The lowest BCUT2D eigenvalue weighted by Gasteiger charge is -1.97. The van der Waals surface area contributed by atoms with E-state index < -0.39 is 0 Å². The Morgan fingerprint density at radius 2 is 2.40 bits per heavy atom. The fourth-order valence-electron chi connectivity index (χ4n) is 0.557. The fourth-order valence-corrected chi connectivity index (χ4v) is 0.919. The Bertz CT molecular complexity index is 176. The van der Waals surface area contributed by atoms with Gasteiger partial charge in [0.1, 0.15) is 0 Å². The average Bonchev–Trinajstić information content (AvgIpc) is 2.05. The molecule has 0 fully saturated rings. The molecule has 0 saturated heterocycles. The molecule has 0 aromatic carbocycles. The molecule has 1 aromatic heterocycles. The van der Waals surface area contributed by atoms with Gasteiger partial charge in [0, 0.05) is 0 Å². The van der Waals surface area contributed by atoms with Crippen LogP contribution in [-0.4, -0.2) is 11.2 Å². The maximum atomic E-state index is 4.89. The third kappa shape index (κ3) is 1.62. The second kappa shape index (κ2) is 3.43. The Morgan fingerprint density at radius 1 is 1.60 bits per heavy atom. The van der Waals surface area contributed by atoms with E-state index in [1.807, 2.05) is 12.3 Å². The number of nitrogens with two attached hydrogens (primary N) is 1. The van der Waals surface area contributed by atoms with Gasteiger partial charge >= 0.3 is 0 Å². The molecule has 10 heavy (non-hydrogen) atoms. The number of thioether (sulfide) groups is 1. The molecule has 4 heteroatoms. The summed E-state index contributed by atoms with van der Waals surface area (Å²) in [4.78, 5) is 8.47. The number of aromatic nitrogens is 1. The summed E-state index contributed by atoms with van der Waals surface area (Å²) in [5.74, 6) is 5.48. The maximum absolute atomic E-state index is 4.89. The van der Waals surface area contributed by atoms with Crippen LogP contribution in [0.4, 0.5) is 0 Å². The van der Waals surface area contributed by atoms with Crippen molar-refractivity contribution in [1.29, 1.82) is 0 Å². The normalized spacial score (nSPS) is 9.40. The summed E-state index contributed by atoms with van der Waals surface area (Å²) in [7, 11) is 0. The summed E-state index contributed by atoms with van der Waals surface area (Å²) in [5, 5.41) is 0.959. The Labute approximate surface area is 63.5 Å². The van der Waals surface area contributed by atoms with E-state index in [-0.39, 0.29) is 0 Å². The summed E-state index contributed by atoms with van der Waals surface area (Å²) in [6.07, 6.45) is 3.55. The highest BCUT2D eigenvalue weighted by Gasteiger charge is 1.91. The summed E-state index contributed by atoms with van der Waals surface area (Å²) in [6.45, 7) is 0. The van der Waals surface area contributed by atoms with Gasteiger partial charge in [-0.25, -0.2) is 4.98 Å². The third-order valence-corrected chi connectivity index (χ3v) is 1.71. The first-order chi connectivity index (χ1) is 4.86. The first-order valence-corrected chi connectivity index (χ1v) is 3.96. The van der Waals surface area contributed by atoms with Gasteiger partial charge < -0.3 is 4.84 Å². The van der Waals surface area contributed by atoms with Crippen LogP contribution in [0.3, 0.4) is 0 Å². The molecule has 0 unspecified atom stereocenters. The molecule has 1 heterocycles. The maximum Gasteiger partial charge on any atom is 0.165 e. The van der Waals surface area contributed by atoms with Crippen molar-refractivity contribution in [1.82, 2.24) is 4.98 Å². The lowest BCUT2D eigenvalue weighted by Crippen LogP contribution is -2.01. The number of pyridine rings is 1. The van der Waals surface area contributed by atoms with Crippen molar-refractivity contribution in [3.05, 3.63) is 18.3 Å². The van der Waals surface area contributed by atoms with Crippen molar-refractivity contribution in [3.8, 4) is 5.75 Å². The Balaban J connectivity index is 2.80. The van der Waals surface area contributed by atoms with Gasteiger partial charge in [-0.3, -0.25) is 0 Å². The number of rotatable bonds is 2. The molecule has 0 aliphatic rings. The van der Waals surface area contributed by atoms with Crippen molar-refractivity contribution in [2.75, 3.05) is 6.26 Å². The summed E-state index contributed by atoms with van der Waals surface area (Å²) < 4.78 is 0. The van der Waals surface area contributed by atoms with E-state index in [4.69, 9.17) is 5.90 Å².